The lowest BCUT2D eigenvalue weighted by atomic mass is 10.1. The third-order valence-electron chi connectivity index (χ3n) is 3.82. The van der Waals surface area contributed by atoms with E-state index in [0.717, 1.165) is 12.1 Å². The summed E-state index contributed by atoms with van der Waals surface area (Å²) in [7, 11) is 1.56. The van der Waals surface area contributed by atoms with E-state index in [0.29, 0.717) is 11.3 Å². The maximum atomic E-state index is 12.8. The van der Waals surface area contributed by atoms with Crippen LogP contribution < -0.4 is 11.5 Å². The van der Waals surface area contributed by atoms with Crippen molar-refractivity contribution in [2.24, 2.45) is 12.8 Å². The molecule has 0 aliphatic rings. The Hall–Kier alpha value is -3.30. The van der Waals surface area contributed by atoms with Gasteiger partial charge in [0.2, 0.25) is 0 Å². The van der Waals surface area contributed by atoms with Crippen LogP contribution in [0.15, 0.2) is 36.5 Å². The van der Waals surface area contributed by atoms with Gasteiger partial charge in [-0.25, -0.2) is 0 Å². The molecule has 0 aliphatic heterocycles. The quantitative estimate of drug-likeness (QED) is 0.739. The topological polar surface area (TPSA) is 105 Å². The molecular weight excluding hydrogens is 349 g/mol. The molecule has 3 aromatic rings. The van der Waals surface area contributed by atoms with Crippen molar-refractivity contribution in [2.45, 2.75) is 12.7 Å². The number of carbonyl (C=O) groups is 1. The number of benzene rings is 1. The van der Waals surface area contributed by atoms with Gasteiger partial charge in [0.05, 0.1) is 12.1 Å². The molecule has 4 N–H and O–H groups in total. The number of nitrogen functional groups attached to an aromatic ring is 1. The first-order valence-corrected chi connectivity index (χ1v) is 7.49. The summed E-state index contributed by atoms with van der Waals surface area (Å²) < 4.78 is 41.2. The number of aromatic nitrogens is 4. The zero-order valence-corrected chi connectivity index (χ0v) is 13.7. The number of aryl methyl sites for hydroxylation is 1. The van der Waals surface area contributed by atoms with Gasteiger partial charge in [-0.15, -0.1) is 0 Å². The van der Waals surface area contributed by atoms with Crippen LogP contribution in [0.3, 0.4) is 0 Å². The molecule has 26 heavy (non-hydrogen) atoms. The molecule has 0 fully saturated rings. The number of carbonyl (C=O) groups excluding carboxylic acids is 1. The van der Waals surface area contributed by atoms with Gasteiger partial charge >= 0.3 is 6.18 Å². The molecule has 136 valence electrons. The van der Waals surface area contributed by atoms with E-state index in [1.165, 1.54) is 15.4 Å². The Morgan fingerprint density at radius 3 is 2.62 bits per heavy atom. The average Bonchev–Trinajstić information content (AvgIpc) is 3.12. The number of nitrogens with two attached hydrogens (primary N) is 2. The summed E-state index contributed by atoms with van der Waals surface area (Å²) >= 11 is 0. The van der Waals surface area contributed by atoms with Crippen LogP contribution in [0.4, 0.5) is 19.0 Å². The summed E-state index contributed by atoms with van der Waals surface area (Å²) in [6.07, 6.45) is -2.83. The van der Waals surface area contributed by atoms with Crippen LogP contribution in [0, 0.1) is 0 Å². The van der Waals surface area contributed by atoms with Gasteiger partial charge in [-0.3, -0.25) is 14.2 Å². The number of anilines is 1. The summed E-state index contributed by atoms with van der Waals surface area (Å²) in [5.41, 5.74) is 11.5. The lowest BCUT2D eigenvalue weighted by molar-refractivity contribution is -0.137. The van der Waals surface area contributed by atoms with E-state index in [1.54, 1.807) is 25.4 Å². The minimum absolute atomic E-state index is 0.0526. The van der Waals surface area contributed by atoms with Crippen molar-refractivity contribution < 1.29 is 18.0 Å². The predicted molar refractivity (Wildman–Crippen MR) is 87.9 cm³/mol. The highest BCUT2D eigenvalue weighted by atomic mass is 19.4. The standard InChI is InChI=1S/C16H15F3N6O/c1-24-14(20)12(15(21)26)13(23-24)11-5-6-25(22-11)8-9-3-2-4-10(7-9)16(17,18)19/h2-7H,8,20H2,1H3,(H2,21,26). The first-order chi connectivity index (χ1) is 12.2. The molecule has 0 atom stereocenters. The van der Waals surface area contributed by atoms with Crippen molar-refractivity contribution in [3.8, 4) is 11.4 Å². The summed E-state index contributed by atoms with van der Waals surface area (Å²) in [4.78, 5) is 11.6. The van der Waals surface area contributed by atoms with E-state index >= 15 is 0 Å². The SMILES string of the molecule is Cn1nc(-c2ccn(Cc3cccc(C(F)(F)F)c3)n2)c(C(N)=O)c1N. The second-order valence-corrected chi connectivity index (χ2v) is 5.69. The molecule has 1 aromatic carbocycles. The fraction of sp³-hybridized carbons (Fsp3) is 0.188. The van der Waals surface area contributed by atoms with Crippen molar-refractivity contribution >= 4 is 11.7 Å². The summed E-state index contributed by atoms with van der Waals surface area (Å²) in [5.74, 6) is -0.627. The molecule has 1 amide bonds. The van der Waals surface area contributed by atoms with Gasteiger partial charge in [-0.1, -0.05) is 12.1 Å². The fourth-order valence-electron chi connectivity index (χ4n) is 2.57. The minimum Gasteiger partial charge on any atom is -0.383 e. The highest BCUT2D eigenvalue weighted by Gasteiger charge is 2.30. The Kier molecular flexibility index (Phi) is 4.18. The van der Waals surface area contributed by atoms with Crippen LogP contribution in [-0.4, -0.2) is 25.5 Å². The predicted octanol–water partition coefficient (Wildman–Crippen LogP) is 2.03. The summed E-state index contributed by atoms with van der Waals surface area (Å²) in [5, 5.41) is 8.40. The van der Waals surface area contributed by atoms with E-state index in [1.807, 2.05) is 0 Å². The van der Waals surface area contributed by atoms with Gasteiger partial charge < -0.3 is 11.5 Å². The summed E-state index contributed by atoms with van der Waals surface area (Å²) in [6.45, 7) is 0.123. The van der Waals surface area contributed by atoms with Crippen LogP contribution in [0.5, 0.6) is 0 Å². The molecule has 10 heteroatoms. The number of amides is 1. The molecule has 0 aliphatic carbocycles. The van der Waals surface area contributed by atoms with E-state index in [4.69, 9.17) is 11.5 Å². The lowest BCUT2D eigenvalue weighted by Gasteiger charge is -2.08. The zero-order chi connectivity index (χ0) is 19.1. The van der Waals surface area contributed by atoms with Gasteiger partial charge in [-0.05, 0) is 23.8 Å². The smallest absolute Gasteiger partial charge is 0.383 e. The van der Waals surface area contributed by atoms with Crippen LogP contribution in [-0.2, 0) is 19.8 Å². The molecule has 2 aromatic heterocycles. The largest absolute Gasteiger partial charge is 0.416 e. The number of hydrogen-bond donors (Lipinski definition) is 2. The molecule has 2 heterocycles. The van der Waals surface area contributed by atoms with Gasteiger partial charge in [0, 0.05) is 13.2 Å². The Labute approximate surface area is 146 Å². The van der Waals surface area contributed by atoms with E-state index in [9.17, 15) is 18.0 Å². The molecule has 0 saturated heterocycles. The Morgan fingerprint density at radius 2 is 1.96 bits per heavy atom. The number of nitrogens with zero attached hydrogens (tertiary/aromatic N) is 4. The monoisotopic (exact) mass is 364 g/mol. The second kappa shape index (κ2) is 6.21. The third kappa shape index (κ3) is 3.25. The maximum absolute atomic E-state index is 12.8. The van der Waals surface area contributed by atoms with Gasteiger partial charge in [-0.2, -0.15) is 23.4 Å². The number of rotatable bonds is 4. The number of hydrogen-bond acceptors (Lipinski definition) is 4. The molecule has 0 radical (unpaired) electrons. The minimum atomic E-state index is -4.41. The van der Waals surface area contributed by atoms with Crippen LogP contribution in [0.1, 0.15) is 21.5 Å². The third-order valence-corrected chi connectivity index (χ3v) is 3.82. The van der Waals surface area contributed by atoms with Gasteiger partial charge in [0.1, 0.15) is 22.8 Å². The van der Waals surface area contributed by atoms with E-state index < -0.39 is 17.6 Å². The molecule has 7 nitrogen and oxygen atoms in total. The highest BCUT2D eigenvalue weighted by molar-refractivity contribution is 6.02. The molecule has 3 rings (SSSR count). The molecule has 0 spiro atoms. The van der Waals surface area contributed by atoms with Gasteiger partial charge in [0.25, 0.3) is 5.91 Å². The van der Waals surface area contributed by atoms with Crippen molar-refractivity contribution in [1.29, 1.82) is 0 Å². The molecule has 0 unspecified atom stereocenters. The van der Waals surface area contributed by atoms with Gasteiger partial charge in [0.15, 0.2) is 0 Å². The van der Waals surface area contributed by atoms with Crippen molar-refractivity contribution in [1.82, 2.24) is 19.6 Å². The highest BCUT2D eigenvalue weighted by Crippen LogP contribution is 2.30. The Bertz CT molecular complexity index is 973. The number of halogens is 3. The first-order valence-electron chi connectivity index (χ1n) is 7.49. The normalized spacial score (nSPS) is 11.7. The Balaban J connectivity index is 1.90. The van der Waals surface area contributed by atoms with Crippen molar-refractivity contribution in [3.63, 3.8) is 0 Å². The fourth-order valence-corrected chi connectivity index (χ4v) is 2.57. The second-order valence-electron chi connectivity index (χ2n) is 5.69. The first kappa shape index (κ1) is 17.5. The van der Waals surface area contributed by atoms with E-state index in [2.05, 4.69) is 10.2 Å². The average molecular weight is 364 g/mol. The van der Waals surface area contributed by atoms with E-state index in [-0.39, 0.29) is 23.6 Å². The van der Waals surface area contributed by atoms with Crippen LogP contribution in [0.2, 0.25) is 0 Å². The number of primary amides is 1. The molecular formula is C16H15F3N6O. The number of alkyl halides is 3. The zero-order valence-electron chi connectivity index (χ0n) is 13.7. The van der Waals surface area contributed by atoms with Crippen LogP contribution in [0.25, 0.3) is 11.4 Å². The molecule has 0 bridgehead atoms. The van der Waals surface area contributed by atoms with Crippen molar-refractivity contribution in [3.05, 3.63) is 53.2 Å². The molecule has 0 saturated carbocycles. The Morgan fingerprint density at radius 1 is 1.23 bits per heavy atom. The van der Waals surface area contributed by atoms with Crippen LogP contribution >= 0.6 is 0 Å². The lowest BCUT2D eigenvalue weighted by Crippen LogP contribution is -2.14. The summed E-state index contributed by atoms with van der Waals surface area (Å²) in [6, 6.07) is 6.57. The maximum Gasteiger partial charge on any atom is 0.416 e. The van der Waals surface area contributed by atoms with Crippen molar-refractivity contribution in [2.75, 3.05) is 5.73 Å².